The number of rotatable bonds is 13. The van der Waals surface area contributed by atoms with Gasteiger partial charge in [-0.15, -0.1) is 0 Å². The standard InChI is InChI=1S/C19H32BrFO2Si/c1-4-7-8-9-10-11-12-15-22-24(5-2,6-3)23-19-14-13-17(21)16-18(19)20/h13-14,16H,4-12,15H2,1-3H3. The maximum atomic E-state index is 13.2. The van der Waals surface area contributed by atoms with E-state index in [2.05, 4.69) is 36.7 Å². The van der Waals surface area contributed by atoms with Gasteiger partial charge >= 0.3 is 8.56 Å². The smallest absolute Gasteiger partial charge is 0.398 e. The average Bonchev–Trinajstić information content (AvgIpc) is 2.58. The van der Waals surface area contributed by atoms with Crippen molar-refractivity contribution in [3.63, 3.8) is 0 Å². The van der Waals surface area contributed by atoms with Gasteiger partial charge in [0.05, 0.1) is 4.47 Å². The SMILES string of the molecule is CCCCCCCCCO[Si](CC)(CC)Oc1ccc(F)cc1Br. The van der Waals surface area contributed by atoms with Crippen molar-refractivity contribution in [3.8, 4) is 5.75 Å². The van der Waals surface area contributed by atoms with Gasteiger partial charge in [-0.3, -0.25) is 0 Å². The first-order valence-corrected chi connectivity index (χ1v) is 12.4. The van der Waals surface area contributed by atoms with Gasteiger partial charge in [-0.2, -0.15) is 0 Å². The Morgan fingerprint density at radius 1 is 0.958 bits per heavy atom. The van der Waals surface area contributed by atoms with Gasteiger partial charge in [0.1, 0.15) is 11.6 Å². The Kier molecular flexibility index (Phi) is 10.9. The monoisotopic (exact) mass is 418 g/mol. The van der Waals surface area contributed by atoms with Gasteiger partial charge in [0.2, 0.25) is 0 Å². The third-order valence-corrected chi connectivity index (χ3v) is 8.48. The molecule has 0 radical (unpaired) electrons. The Morgan fingerprint density at radius 3 is 2.17 bits per heavy atom. The largest absolute Gasteiger partial charge is 0.519 e. The molecule has 0 aliphatic rings. The lowest BCUT2D eigenvalue weighted by Gasteiger charge is -2.30. The molecule has 0 atom stereocenters. The Hall–Kier alpha value is -0.393. The van der Waals surface area contributed by atoms with Crippen LogP contribution >= 0.6 is 15.9 Å². The normalized spacial score (nSPS) is 11.7. The zero-order valence-electron chi connectivity index (χ0n) is 15.4. The molecule has 0 aliphatic heterocycles. The Labute approximate surface area is 156 Å². The third-order valence-electron chi connectivity index (χ3n) is 4.38. The van der Waals surface area contributed by atoms with Crippen LogP contribution < -0.4 is 4.43 Å². The van der Waals surface area contributed by atoms with Crippen LogP contribution in [0.3, 0.4) is 0 Å². The Balaban J connectivity index is 2.44. The molecule has 0 bridgehead atoms. The first-order valence-electron chi connectivity index (χ1n) is 9.35. The Bertz CT molecular complexity index is 467. The lowest BCUT2D eigenvalue weighted by molar-refractivity contribution is 0.230. The first kappa shape index (κ1) is 21.6. The van der Waals surface area contributed by atoms with E-state index in [-0.39, 0.29) is 5.82 Å². The van der Waals surface area contributed by atoms with Crippen molar-refractivity contribution in [3.05, 3.63) is 28.5 Å². The fourth-order valence-electron chi connectivity index (χ4n) is 2.70. The van der Waals surface area contributed by atoms with Crippen LogP contribution in [0.1, 0.15) is 65.7 Å². The molecular weight excluding hydrogens is 387 g/mol. The summed E-state index contributed by atoms with van der Waals surface area (Å²) in [5.74, 6) is 0.421. The van der Waals surface area contributed by atoms with E-state index in [0.717, 1.165) is 25.1 Å². The molecule has 0 saturated carbocycles. The first-order chi connectivity index (χ1) is 11.6. The Morgan fingerprint density at radius 2 is 1.58 bits per heavy atom. The number of halogens is 2. The van der Waals surface area contributed by atoms with E-state index in [1.54, 1.807) is 6.07 Å². The van der Waals surface area contributed by atoms with Crippen LogP contribution in [0.25, 0.3) is 0 Å². The fraction of sp³-hybridized carbons (Fsp3) is 0.684. The molecule has 1 rings (SSSR count). The van der Waals surface area contributed by atoms with Crippen molar-refractivity contribution in [1.29, 1.82) is 0 Å². The summed E-state index contributed by atoms with van der Waals surface area (Å²) in [7, 11) is -2.27. The van der Waals surface area contributed by atoms with Crippen molar-refractivity contribution in [2.75, 3.05) is 6.61 Å². The minimum Gasteiger partial charge on any atom is -0.519 e. The maximum Gasteiger partial charge on any atom is 0.398 e. The van der Waals surface area contributed by atoms with Gasteiger partial charge in [0, 0.05) is 6.61 Å². The number of unbranched alkanes of at least 4 members (excludes halogenated alkanes) is 6. The molecule has 0 N–H and O–H groups in total. The molecule has 24 heavy (non-hydrogen) atoms. The second kappa shape index (κ2) is 12.0. The van der Waals surface area contributed by atoms with Gasteiger partial charge < -0.3 is 8.85 Å². The van der Waals surface area contributed by atoms with E-state index in [0.29, 0.717) is 10.2 Å². The van der Waals surface area contributed by atoms with Crippen molar-refractivity contribution < 1.29 is 13.2 Å². The predicted octanol–water partition coefficient (Wildman–Crippen LogP) is 7.22. The molecule has 1 aromatic carbocycles. The van der Waals surface area contributed by atoms with Crippen molar-refractivity contribution >= 4 is 24.5 Å². The molecule has 5 heteroatoms. The summed E-state index contributed by atoms with van der Waals surface area (Å²) in [6.07, 6.45) is 8.93. The van der Waals surface area contributed by atoms with Crippen LogP contribution in [-0.4, -0.2) is 15.2 Å². The van der Waals surface area contributed by atoms with Crippen molar-refractivity contribution in [2.24, 2.45) is 0 Å². The summed E-state index contributed by atoms with van der Waals surface area (Å²) in [5, 5.41) is 0. The molecule has 0 spiro atoms. The highest BCUT2D eigenvalue weighted by Gasteiger charge is 2.36. The van der Waals surface area contributed by atoms with Gasteiger partial charge in [0.25, 0.3) is 0 Å². The van der Waals surface area contributed by atoms with Crippen LogP contribution in [0.2, 0.25) is 12.1 Å². The van der Waals surface area contributed by atoms with E-state index >= 15 is 0 Å². The molecule has 0 fully saturated rings. The van der Waals surface area contributed by atoms with Gasteiger partial charge in [-0.1, -0.05) is 59.3 Å². The lowest BCUT2D eigenvalue weighted by Crippen LogP contribution is -2.44. The van der Waals surface area contributed by atoms with Crippen LogP contribution in [0.5, 0.6) is 5.75 Å². The van der Waals surface area contributed by atoms with Gasteiger partial charge in [-0.05, 0) is 52.6 Å². The molecule has 0 heterocycles. The summed E-state index contributed by atoms with van der Waals surface area (Å²) in [6, 6.07) is 6.34. The second-order valence-electron chi connectivity index (χ2n) is 6.26. The predicted molar refractivity (Wildman–Crippen MR) is 105 cm³/mol. The lowest BCUT2D eigenvalue weighted by atomic mass is 10.1. The van der Waals surface area contributed by atoms with Gasteiger partial charge in [0.15, 0.2) is 0 Å². The summed E-state index contributed by atoms with van der Waals surface area (Å²) in [4.78, 5) is 0. The second-order valence-corrected chi connectivity index (χ2v) is 10.8. The van der Waals surface area contributed by atoms with Gasteiger partial charge in [-0.25, -0.2) is 4.39 Å². The highest BCUT2D eigenvalue weighted by atomic mass is 79.9. The minimum atomic E-state index is -2.27. The summed E-state index contributed by atoms with van der Waals surface area (Å²) in [6.45, 7) is 7.25. The van der Waals surface area contributed by atoms with Crippen molar-refractivity contribution in [1.82, 2.24) is 0 Å². The van der Waals surface area contributed by atoms with E-state index in [4.69, 9.17) is 8.85 Å². The summed E-state index contributed by atoms with van der Waals surface area (Å²) >= 11 is 3.38. The van der Waals surface area contributed by atoms with E-state index < -0.39 is 8.56 Å². The average molecular weight is 419 g/mol. The highest BCUT2D eigenvalue weighted by molar-refractivity contribution is 9.10. The molecule has 0 amide bonds. The van der Waals surface area contributed by atoms with Crippen LogP contribution in [0, 0.1) is 5.82 Å². The van der Waals surface area contributed by atoms with Crippen LogP contribution in [-0.2, 0) is 4.43 Å². The summed E-state index contributed by atoms with van der Waals surface area (Å²) in [5.41, 5.74) is 0. The highest BCUT2D eigenvalue weighted by Crippen LogP contribution is 2.30. The molecule has 0 unspecified atom stereocenters. The van der Waals surface area contributed by atoms with E-state index in [1.165, 1.54) is 50.7 Å². The van der Waals surface area contributed by atoms with Crippen LogP contribution in [0.15, 0.2) is 22.7 Å². The quantitative estimate of drug-likeness (QED) is 0.248. The zero-order chi connectivity index (χ0) is 17.8. The molecule has 1 aromatic rings. The van der Waals surface area contributed by atoms with Crippen molar-refractivity contribution in [2.45, 2.75) is 77.8 Å². The minimum absolute atomic E-state index is 0.265. The fourth-order valence-corrected chi connectivity index (χ4v) is 5.64. The third kappa shape index (κ3) is 7.66. The van der Waals surface area contributed by atoms with E-state index in [1.807, 2.05) is 0 Å². The van der Waals surface area contributed by atoms with E-state index in [9.17, 15) is 4.39 Å². The number of benzene rings is 1. The number of hydrogen-bond acceptors (Lipinski definition) is 2. The molecule has 2 nitrogen and oxygen atoms in total. The maximum absolute atomic E-state index is 13.2. The topological polar surface area (TPSA) is 18.5 Å². The molecular formula is C19H32BrFO2Si. The van der Waals surface area contributed by atoms with Crippen LogP contribution in [0.4, 0.5) is 4.39 Å². The molecule has 0 saturated heterocycles. The summed E-state index contributed by atoms with van der Waals surface area (Å²) < 4.78 is 26.4. The number of hydrogen-bond donors (Lipinski definition) is 0. The molecule has 0 aliphatic carbocycles. The molecule has 138 valence electrons. The molecule has 0 aromatic heterocycles. The zero-order valence-corrected chi connectivity index (χ0v) is 18.0.